The molecule has 3 aromatic rings. The average molecular weight is 267 g/mol. The summed E-state index contributed by atoms with van der Waals surface area (Å²) in [6.45, 7) is 0.866. The highest BCUT2D eigenvalue weighted by atomic mass is 16.5. The number of benzene rings is 1. The molecule has 1 fully saturated rings. The normalized spacial score (nSPS) is 19.5. The molecule has 4 heteroatoms. The van der Waals surface area contributed by atoms with Crippen LogP contribution in [0.15, 0.2) is 43.0 Å². The fourth-order valence-corrected chi connectivity index (χ4v) is 3.02. The third-order valence-corrected chi connectivity index (χ3v) is 4.02. The van der Waals surface area contributed by atoms with Crippen molar-refractivity contribution < 1.29 is 4.74 Å². The predicted octanol–water partition coefficient (Wildman–Crippen LogP) is 3.73. The fourth-order valence-electron chi connectivity index (χ4n) is 3.02. The lowest BCUT2D eigenvalue weighted by atomic mass is 10.1. The number of rotatable bonds is 2. The number of aromatic amines is 1. The molecule has 3 heterocycles. The van der Waals surface area contributed by atoms with Crippen LogP contribution in [-0.2, 0) is 4.74 Å². The summed E-state index contributed by atoms with van der Waals surface area (Å²) >= 11 is 0. The SMILES string of the molecule is c1cc(-c2cnc[nH]2)c2ccn(C3CCCCO3)c2c1. The minimum atomic E-state index is 0.179. The second kappa shape index (κ2) is 4.80. The van der Waals surface area contributed by atoms with E-state index in [0.29, 0.717) is 0 Å². The lowest BCUT2D eigenvalue weighted by molar-refractivity contribution is -0.0291. The Morgan fingerprint density at radius 2 is 2.25 bits per heavy atom. The van der Waals surface area contributed by atoms with E-state index in [-0.39, 0.29) is 6.23 Å². The van der Waals surface area contributed by atoms with Crippen LogP contribution in [0.25, 0.3) is 22.2 Å². The van der Waals surface area contributed by atoms with Gasteiger partial charge in [-0.1, -0.05) is 12.1 Å². The summed E-state index contributed by atoms with van der Waals surface area (Å²) in [7, 11) is 0. The molecule has 1 N–H and O–H groups in total. The van der Waals surface area contributed by atoms with Crippen molar-refractivity contribution in [2.75, 3.05) is 6.61 Å². The van der Waals surface area contributed by atoms with E-state index in [1.165, 1.54) is 29.3 Å². The Labute approximate surface area is 117 Å². The van der Waals surface area contributed by atoms with E-state index in [4.69, 9.17) is 4.74 Å². The van der Waals surface area contributed by atoms with Gasteiger partial charge in [-0.25, -0.2) is 4.98 Å². The van der Waals surface area contributed by atoms with Crippen molar-refractivity contribution in [3.05, 3.63) is 43.0 Å². The molecular weight excluding hydrogens is 250 g/mol. The summed E-state index contributed by atoms with van der Waals surface area (Å²) < 4.78 is 8.16. The number of nitrogens with zero attached hydrogens (tertiary/aromatic N) is 2. The average Bonchev–Trinajstić information content (AvgIpc) is 3.17. The zero-order chi connectivity index (χ0) is 13.4. The van der Waals surface area contributed by atoms with Gasteiger partial charge in [0.05, 0.1) is 23.7 Å². The van der Waals surface area contributed by atoms with Gasteiger partial charge in [0.25, 0.3) is 0 Å². The van der Waals surface area contributed by atoms with Crippen LogP contribution in [0.4, 0.5) is 0 Å². The van der Waals surface area contributed by atoms with Crippen molar-refractivity contribution in [2.24, 2.45) is 0 Å². The van der Waals surface area contributed by atoms with Crippen molar-refractivity contribution >= 4 is 10.9 Å². The molecule has 0 bridgehead atoms. The van der Waals surface area contributed by atoms with Gasteiger partial charge >= 0.3 is 0 Å². The molecule has 1 saturated heterocycles. The minimum absolute atomic E-state index is 0.179. The van der Waals surface area contributed by atoms with Crippen LogP contribution in [0.1, 0.15) is 25.5 Å². The molecule has 4 rings (SSSR count). The molecule has 0 amide bonds. The topological polar surface area (TPSA) is 42.8 Å². The molecule has 102 valence electrons. The largest absolute Gasteiger partial charge is 0.358 e. The van der Waals surface area contributed by atoms with Crippen LogP contribution in [-0.4, -0.2) is 21.1 Å². The number of fused-ring (bicyclic) bond motifs is 1. The van der Waals surface area contributed by atoms with Gasteiger partial charge in [-0.2, -0.15) is 0 Å². The number of H-pyrrole nitrogens is 1. The van der Waals surface area contributed by atoms with Gasteiger partial charge in [-0.05, 0) is 31.4 Å². The maximum atomic E-state index is 5.90. The van der Waals surface area contributed by atoms with E-state index >= 15 is 0 Å². The number of nitrogens with one attached hydrogen (secondary N) is 1. The van der Waals surface area contributed by atoms with Crippen LogP contribution in [0.5, 0.6) is 0 Å². The molecule has 0 saturated carbocycles. The van der Waals surface area contributed by atoms with Crippen molar-refractivity contribution in [3.63, 3.8) is 0 Å². The zero-order valence-electron chi connectivity index (χ0n) is 11.2. The summed E-state index contributed by atoms with van der Waals surface area (Å²) in [5.41, 5.74) is 3.47. The van der Waals surface area contributed by atoms with Crippen LogP contribution in [0.3, 0.4) is 0 Å². The van der Waals surface area contributed by atoms with Gasteiger partial charge in [-0.15, -0.1) is 0 Å². The number of hydrogen-bond acceptors (Lipinski definition) is 2. The smallest absolute Gasteiger partial charge is 0.133 e. The highest BCUT2D eigenvalue weighted by Gasteiger charge is 2.18. The van der Waals surface area contributed by atoms with Crippen LogP contribution < -0.4 is 0 Å². The molecule has 1 aromatic carbocycles. The molecule has 1 aliphatic rings. The number of ether oxygens (including phenoxy) is 1. The summed E-state index contributed by atoms with van der Waals surface area (Å²) in [5.74, 6) is 0. The Morgan fingerprint density at radius 3 is 3.05 bits per heavy atom. The molecule has 4 nitrogen and oxygen atoms in total. The van der Waals surface area contributed by atoms with Gasteiger partial charge in [0.15, 0.2) is 0 Å². The van der Waals surface area contributed by atoms with Crippen molar-refractivity contribution in [2.45, 2.75) is 25.5 Å². The Kier molecular flexibility index (Phi) is 2.81. The van der Waals surface area contributed by atoms with Crippen molar-refractivity contribution in [3.8, 4) is 11.3 Å². The summed E-state index contributed by atoms with van der Waals surface area (Å²) in [5, 5.41) is 1.24. The molecule has 20 heavy (non-hydrogen) atoms. The van der Waals surface area contributed by atoms with Crippen LogP contribution in [0.2, 0.25) is 0 Å². The number of aromatic nitrogens is 3. The van der Waals surface area contributed by atoms with Gasteiger partial charge in [0.1, 0.15) is 6.23 Å². The van der Waals surface area contributed by atoms with Gasteiger partial charge in [0, 0.05) is 23.8 Å². The predicted molar refractivity (Wildman–Crippen MR) is 78.4 cm³/mol. The number of hydrogen-bond donors (Lipinski definition) is 1. The van der Waals surface area contributed by atoms with Crippen molar-refractivity contribution in [1.82, 2.24) is 14.5 Å². The molecule has 0 radical (unpaired) electrons. The van der Waals surface area contributed by atoms with Crippen LogP contribution in [0, 0.1) is 0 Å². The van der Waals surface area contributed by atoms with E-state index in [0.717, 1.165) is 18.7 Å². The second-order valence-corrected chi connectivity index (χ2v) is 5.25. The van der Waals surface area contributed by atoms with Gasteiger partial charge in [-0.3, -0.25) is 0 Å². The monoisotopic (exact) mass is 267 g/mol. The third kappa shape index (κ3) is 1.84. The van der Waals surface area contributed by atoms with Gasteiger partial charge in [0.2, 0.25) is 0 Å². The summed E-state index contributed by atoms with van der Waals surface area (Å²) in [4.78, 5) is 7.30. The maximum Gasteiger partial charge on any atom is 0.133 e. The third-order valence-electron chi connectivity index (χ3n) is 4.02. The minimum Gasteiger partial charge on any atom is -0.358 e. The van der Waals surface area contributed by atoms with Crippen LogP contribution >= 0.6 is 0 Å². The van der Waals surface area contributed by atoms with E-state index in [2.05, 4.69) is 45.0 Å². The van der Waals surface area contributed by atoms with Gasteiger partial charge < -0.3 is 14.3 Å². The summed E-state index contributed by atoms with van der Waals surface area (Å²) in [6, 6.07) is 8.55. The molecule has 1 atom stereocenters. The second-order valence-electron chi connectivity index (χ2n) is 5.25. The first kappa shape index (κ1) is 11.7. The quantitative estimate of drug-likeness (QED) is 0.768. The highest BCUT2D eigenvalue weighted by Crippen LogP contribution is 2.32. The summed E-state index contributed by atoms with van der Waals surface area (Å²) in [6.07, 6.45) is 9.41. The fraction of sp³-hybridized carbons (Fsp3) is 0.312. The molecule has 2 aromatic heterocycles. The van der Waals surface area contributed by atoms with Crippen molar-refractivity contribution in [1.29, 1.82) is 0 Å². The standard InChI is InChI=1S/C16H17N3O/c1-2-9-20-16(6-1)19-8-7-13-12(4-3-5-15(13)19)14-10-17-11-18-14/h3-5,7-8,10-11,16H,1-2,6,9H2,(H,17,18). The maximum absolute atomic E-state index is 5.90. The molecular formula is C16H17N3O. The lowest BCUT2D eigenvalue weighted by Crippen LogP contribution is -2.17. The van der Waals surface area contributed by atoms with E-state index in [1.807, 2.05) is 6.20 Å². The van der Waals surface area contributed by atoms with E-state index in [1.54, 1.807) is 6.33 Å². The lowest BCUT2D eigenvalue weighted by Gasteiger charge is -2.24. The zero-order valence-corrected chi connectivity index (χ0v) is 11.2. The molecule has 1 aliphatic heterocycles. The highest BCUT2D eigenvalue weighted by molar-refractivity contribution is 5.94. The Bertz CT molecular complexity index is 708. The van der Waals surface area contributed by atoms with E-state index < -0.39 is 0 Å². The van der Waals surface area contributed by atoms with E-state index in [9.17, 15) is 0 Å². The Balaban J connectivity index is 1.83. The first-order valence-electron chi connectivity index (χ1n) is 7.13. The first-order chi connectivity index (χ1) is 9.93. The number of imidazole rings is 1. The molecule has 1 unspecified atom stereocenters. The Morgan fingerprint density at radius 1 is 1.25 bits per heavy atom. The molecule has 0 aliphatic carbocycles. The first-order valence-corrected chi connectivity index (χ1v) is 7.13. The molecule has 0 spiro atoms. The Hall–Kier alpha value is -2.07.